The summed E-state index contributed by atoms with van der Waals surface area (Å²) in [4.78, 5) is 30.1. The molecule has 0 bridgehead atoms. The third-order valence-electron chi connectivity index (χ3n) is 8.06. The van der Waals surface area contributed by atoms with Crippen molar-refractivity contribution in [2.75, 3.05) is 25.5 Å². The van der Waals surface area contributed by atoms with Crippen molar-refractivity contribution in [1.82, 2.24) is 4.90 Å². The number of anilines is 1. The maximum atomic E-state index is 13.2. The summed E-state index contributed by atoms with van der Waals surface area (Å²) < 4.78 is 0. The molecule has 1 aliphatic heterocycles. The molecule has 2 aromatic carbocycles. The molecule has 0 saturated carbocycles. The number of amides is 1. The second kappa shape index (κ2) is 16.9. The van der Waals surface area contributed by atoms with Crippen LogP contribution >= 0.6 is 0 Å². The number of aliphatic hydroxyl groups excluding tert-OH is 1. The van der Waals surface area contributed by atoms with E-state index in [1.54, 1.807) is 17.0 Å². The normalized spacial score (nSPS) is 16.6. The van der Waals surface area contributed by atoms with Gasteiger partial charge < -0.3 is 14.9 Å². The van der Waals surface area contributed by atoms with Gasteiger partial charge in [-0.15, -0.1) is 0 Å². The average Bonchev–Trinajstić information content (AvgIpc) is 3.22. The van der Waals surface area contributed by atoms with Crippen LogP contribution in [0.3, 0.4) is 0 Å². The Morgan fingerprint density at radius 2 is 1.23 bits per heavy atom. The van der Waals surface area contributed by atoms with Gasteiger partial charge in [0.1, 0.15) is 5.76 Å². The maximum absolute atomic E-state index is 13.2. The molecule has 0 aromatic heterocycles. The van der Waals surface area contributed by atoms with E-state index in [1.165, 1.54) is 70.6 Å². The highest BCUT2D eigenvalue weighted by atomic mass is 16.3. The third-order valence-corrected chi connectivity index (χ3v) is 8.06. The largest absolute Gasteiger partial charge is 0.507 e. The van der Waals surface area contributed by atoms with Crippen LogP contribution in [-0.2, 0) is 9.59 Å². The molecule has 0 spiro atoms. The molecule has 1 saturated heterocycles. The minimum absolute atomic E-state index is 0.107. The van der Waals surface area contributed by atoms with E-state index in [-0.39, 0.29) is 11.3 Å². The van der Waals surface area contributed by atoms with Crippen LogP contribution in [0.15, 0.2) is 60.2 Å². The van der Waals surface area contributed by atoms with E-state index >= 15 is 0 Å². The third kappa shape index (κ3) is 8.97. The van der Waals surface area contributed by atoms with Gasteiger partial charge in [-0.2, -0.15) is 0 Å². The lowest BCUT2D eigenvalue weighted by Crippen LogP contribution is -2.30. The highest BCUT2D eigenvalue weighted by Crippen LogP contribution is 2.40. The first-order valence-corrected chi connectivity index (χ1v) is 15.6. The van der Waals surface area contributed by atoms with Crippen LogP contribution in [0, 0.1) is 0 Å². The molecular formula is C35H50N2O3. The van der Waals surface area contributed by atoms with Crippen LogP contribution in [-0.4, -0.2) is 42.3 Å². The van der Waals surface area contributed by atoms with Gasteiger partial charge in [0, 0.05) is 31.9 Å². The summed E-state index contributed by atoms with van der Waals surface area (Å²) in [5, 5.41) is 11.2. The number of likely N-dealkylation sites (tertiary alicyclic amines) is 1. The van der Waals surface area contributed by atoms with Gasteiger partial charge in [-0.1, -0.05) is 133 Å². The predicted molar refractivity (Wildman–Crippen MR) is 167 cm³/mol. The molecular weight excluding hydrogens is 496 g/mol. The standard InChI is InChI=1S/C35H50N2O3/c1-4-5-6-7-8-9-10-11-12-13-14-15-16-20-27-37-32(28-23-25-30(26-24-28)36(2)3)31(34(39)35(37)40)33(38)29-21-18-17-19-22-29/h17-19,21-26,32,38H,4-16,20,27H2,1-3H3/b33-31+/t32-/m1/s1. The molecule has 2 aromatic rings. The zero-order valence-electron chi connectivity index (χ0n) is 25.0. The second-order valence-electron chi connectivity index (χ2n) is 11.4. The number of carbonyl (C=O) groups excluding carboxylic acids is 2. The summed E-state index contributed by atoms with van der Waals surface area (Å²) in [5.74, 6) is -1.23. The Morgan fingerprint density at radius 1 is 0.725 bits per heavy atom. The van der Waals surface area contributed by atoms with Crippen molar-refractivity contribution in [3.05, 3.63) is 71.3 Å². The number of nitrogens with zero attached hydrogens (tertiary/aromatic N) is 2. The van der Waals surface area contributed by atoms with Crippen molar-refractivity contribution in [2.24, 2.45) is 0 Å². The Balaban J connectivity index is 1.55. The lowest BCUT2D eigenvalue weighted by Gasteiger charge is -2.26. The molecule has 1 heterocycles. The van der Waals surface area contributed by atoms with Crippen molar-refractivity contribution in [2.45, 2.75) is 103 Å². The van der Waals surface area contributed by atoms with Crippen LogP contribution in [0.5, 0.6) is 0 Å². The summed E-state index contributed by atoms with van der Waals surface area (Å²) in [6.45, 7) is 2.77. The molecule has 1 atom stereocenters. The first-order valence-electron chi connectivity index (χ1n) is 15.6. The van der Waals surface area contributed by atoms with Gasteiger partial charge >= 0.3 is 0 Å². The van der Waals surface area contributed by atoms with Crippen LogP contribution < -0.4 is 4.90 Å². The zero-order chi connectivity index (χ0) is 28.7. The number of rotatable bonds is 18. The monoisotopic (exact) mass is 546 g/mol. The molecule has 1 aliphatic rings. The number of hydrogen-bond donors (Lipinski definition) is 1. The lowest BCUT2D eigenvalue weighted by atomic mass is 9.95. The fraction of sp³-hybridized carbons (Fsp3) is 0.543. The molecule has 0 radical (unpaired) electrons. The van der Waals surface area contributed by atoms with E-state index in [4.69, 9.17) is 0 Å². The molecule has 218 valence electrons. The van der Waals surface area contributed by atoms with Crippen molar-refractivity contribution in [1.29, 1.82) is 0 Å². The Labute approximate surface area is 242 Å². The van der Waals surface area contributed by atoms with Crippen molar-refractivity contribution >= 4 is 23.1 Å². The van der Waals surface area contributed by atoms with Gasteiger partial charge in [0.2, 0.25) is 0 Å². The number of ketones is 1. The average molecular weight is 547 g/mol. The zero-order valence-corrected chi connectivity index (χ0v) is 25.0. The van der Waals surface area contributed by atoms with Crippen LogP contribution in [0.1, 0.15) is 114 Å². The summed E-state index contributed by atoms with van der Waals surface area (Å²) in [6.07, 6.45) is 17.8. The topological polar surface area (TPSA) is 60.9 Å². The van der Waals surface area contributed by atoms with Crippen LogP contribution in [0.2, 0.25) is 0 Å². The summed E-state index contributed by atoms with van der Waals surface area (Å²) >= 11 is 0. The lowest BCUT2D eigenvalue weighted by molar-refractivity contribution is -0.139. The number of benzene rings is 2. The number of hydrogen-bond acceptors (Lipinski definition) is 4. The van der Waals surface area contributed by atoms with Crippen LogP contribution in [0.4, 0.5) is 5.69 Å². The van der Waals surface area contributed by atoms with E-state index in [1.807, 2.05) is 61.5 Å². The maximum Gasteiger partial charge on any atom is 0.295 e. The molecule has 40 heavy (non-hydrogen) atoms. The van der Waals surface area contributed by atoms with E-state index < -0.39 is 17.7 Å². The Morgan fingerprint density at radius 3 is 1.73 bits per heavy atom. The quantitative estimate of drug-likeness (QED) is 0.0879. The highest BCUT2D eigenvalue weighted by Gasteiger charge is 2.45. The first-order chi connectivity index (χ1) is 19.5. The fourth-order valence-corrected chi connectivity index (χ4v) is 5.64. The molecule has 1 amide bonds. The molecule has 1 fully saturated rings. The number of aliphatic hydroxyl groups is 1. The van der Waals surface area contributed by atoms with E-state index in [0.717, 1.165) is 30.5 Å². The summed E-state index contributed by atoms with van der Waals surface area (Å²) in [5.41, 5.74) is 2.61. The molecule has 5 nitrogen and oxygen atoms in total. The predicted octanol–water partition coefficient (Wildman–Crippen LogP) is 8.66. The number of carbonyl (C=O) groups is 2. The minimum Gasteiger partial charge on any atom is -0.507 e. The second-order valence-corrected chi connectivity index (χ2v) is 11.4. The molecule has 0 unspecified atom stereocenters. The fourth-order valence-electron chi connectivity index (χ4n) is 5.64. The van der Waals surface area contributed by atoms with Crippen molar-refractivity contribution in [3.63, 3.8) is 0 Å². The summed E-state index contributed by atoms with van der Waals surface area (Å²) in [6, 6.07) is 16.4. The van der Waals surface area contributed by atoms with E-state index in [2.05, 4.69) is 6.92 Å². The van der Waals surface area contributed by atoms with Gasteiger partial charge in [0.25, 0.3) is 11.7 Å². The Bertz CT molecular complexity index is 1080. The van der Waals surface area contributed by atoms with Crippen molar-refractivity contribution < 1.29 is 14.7 Å². The van der Waals surface area contributed by atoms with Gasteiger partial charge in [0.15, 0.2) is 0 Å². The smallest absolute Gasteiger partial charge is 0.295 e. The SMILES string of the molecule is CCCCCCCCCCCCCCCCN1C(=O)C(=O)/C(=C(/O)c2ccccc2)[C@H]1c1ccc(N(C)C)cc1. The highest BCUT2D eigenvalue weighted by molar-refractivity contribution is 6.46. The van der Waals surface area contributed by atoms with Crippen LogP contribution in [0.25, 0.3) is 5.76 Å². The van der Waals surface area contributed by atoms with E-state index in [9.17, 15) is 14.7 Å². The van der Waals surface area contributed by atoms with Gasteiger partial charge in [0.05, 0.1) is 11.6 Å². The molecule has 3 rings (SSSR count). The van der Waals surface area contributed by atoms with Crippen molar-refractivity contribution in [3.8, 4) is 0 Å². The molecule has 5 heteroatoms. The van der Waals surface area contributed by atoms with Gasteiger partial charge in [-0.3, -0.25) is 9.59 Å². The molecule has 1 N–H and O–H groups in total. The van der Waals surface area contributed by atoms with Gasteiger partial charge in [-0.25, -0.2) is 0 Å². The first kappa shape index (κ1) is 31.4. The Kier molecular flexibility index (Phi) is 13.3. The Hall–Kier alpha value is -3.08. The molecule has 0 aliphatic carbocycles. The summed E-state index contributed by atoms with van der Waals surface area (Å²) in [7, 11) is 3.96. The minimum atomic E-state index is -0.603. The van der Waals surface area contributed by atoms with Gasteiger partial charge in [-0.05, 0) is 24.1 Å². The number of Topliss-reactive ketones (excluding diaryl/α,β-unsaturated/α-hetero) is 1. The number of unbranched alkanes of at least 4 members (excludes halogenated alkanes) is 13. The van der Waals surface area contributed by atoms with E-state index in [0.29, 0.717) is 12.1 Å².